The largest absolute Gasteiger partial charge is 0.343 e. The van der Waals surface area contributed by atoms with E-state index in [4.69, 9.17) is 0 Å². The summed E-state index contributed by atoms with van der Waals surface area (Å²) in [6.45, 7) is 3.81. The van der Waals surface area contributed by atoms with Crippen LogP contribution in [-0.4, -0.2) is 36.3 Å². The van der Waals surface area contributed by atoms with Crippen molar-refractivity contribution in [3.8, 4) is 0 Å². The molecule has 0 spiro atoms. The number of carbonyl (C=O) groups is 2. The van der Waals surface area contributed by atoms with Gasteiger partial charge >= 0.3 is 0 Å². The Morgan fingerprint density at radius 1 is 1.09 bits per heavy atom. The van der Waals surface area contributed by atoms with Crippen LogP contribution in [0.4, 0.5) is 0 Å². The molecule has 2 fully saturated rings. The van der Waals surface area contributed by atoms with Crippen molar-refractivity contribution in [1.82, 2.24) is 10.2 Å². The Morgan fingerprint density at radius 3 is 2.52 bits per heavy atom. The molecule has 2 aliphatic rings. The third-order valence-corrected chi connectivity index (χ3v) is 5.36. The van der Waals surface area contributed by atoms with E-state index in [1.165, 1.54) is 25.7 Å². The first-order valence-corrected chi connectivity index (χ1v) is 8.76. The van der Waals surface area contributed by atoms with Crippen LogP contribution in [0, 0.1) is 18.8 Å². The molecular weight excluding hydrogens is 288 g/mol. The number of nitrogens with one attached hydrogen (secondary N) is 1. The number of amides is 2. The van der Waals surface area contributed by atoms with Gasteiger partial charge in [0.25, 0.3) is 5.91 Å². The molecule has 3 rings (SSSR count). The Bertz CT molecular complexity index is 567. The van der Waals surface area contributed by atoms with Crippen LogP contribution in [0.5, 0.6) is 0 Å². The molecule has 2 atom stereocenters. The standard InChI is InChI=1S/C19H26N2O2/c1-14-6-8-16(9-7-14)19(23)20-12-18(22)21-11-10-15-4-2-3-5-17(15)13-21/h6-9,15,17H,2-5,10-13H2,1H3,(H,20,23). The number of hydrogen-bond donors (Lipinski definition) is 1. The van der Waals surface area contributed by atoms with Gasteiger partial charge in [0.1, 0.15) is 0 Å². The minimum atomic E-state index is -0.175. The van der Waals surface area contributed by atoms with Crippen molar-refractivity contribution in [2.45, 2.75) is 39.0 Å². The molecule has 23 heavy (non-hydrogen) atoms. The second-order valence-corrected chi connectivity index (χ2v) is 6.98. The fourth-order valence-corrected chi connectivity index (χ4v) is 3.90. The molecular formula is C19H26N2O2. The van der Waals surface area contributed by atoms with Crippen molar-refractivity contribution in [3.63, 3.8) is 0 Å². The number of rotatable bonds is 3. The van der Waals surface area contributed by atoms with Gasteiger partial charge in [0.2, 0.25) is 5.91 Å². The van der Waals surface area contributed by atoms with Crippen LogP contribution in [0.15, 0.2) is 24.3 Å². The Kier molecular flexibility index (Phi) is 4.99. The lowest BCUT2D eigenvalue weighted by atomic mass is 9.75. The number of fused-ring (bicyclic) bond motifs is 1. The van der Waals surface area contributed by atoms with Crippen LogP contribution in [0.2, 0.25) is 0 Å². The second-order valence-electron chi connectivity index (χ2n) is 6.98. The molecule has 2 unspecified atom stereocenters. The van der Waals surface area contributed by atoms with E-state index in [0.29, 0.717) is 11.5 Å². The summed E-state index contributed by atoms with van der Waals surface area (Å²) in [7, 11) is 0. The maximum atomic E-state index is 12.4. The molecule has 1 saturated carbocycles. The number of benzene rings is 1. The predicted octanol–water partition coefficient (Wildman–Crippen LogP) is 2.76. The minimum absolute atomic E-state index is 0.0504. The molecule has 1 heterocycles. The van der Waals surface area contributed by atoms with Gasteiger partial charge in [0.15, 0.2) is 0 Å². The highest BCUT2D eigenvalue weighted by Gasteiger charge is 2.32. The van der Waals surface area contributed by atoms with E-state index in [2.05, 4.69) is 5.32 Å². The average Bonchev–Trinajstić information content (AvgIpc) is 2.59. The molecule has 0 radical (unpaired) electrons. The van der Waals surface area contributed by atoms with Gasteiger partial charge in [-0.3, -0.25) is 9.59 Å². The fourth-order valence-electron chi connectivity index (χ4n) is 3.90. The SMILES string of the molecule is Cc1ccc(C(=O)NCC(=O)N2CCC3CCCCC3C2)cc1. The maximum absolute atomic E-state index is 12.4. The van der Waals surface area contributed by atoms with Crippen molar-refractivity contribution in [1.29, 1.82) is 0 Å². The van der Waals surface area contributed by atoms with E-state index in [-0.39, 0.29) is 18.4 Å². The minimum Gasteiger partial charge on any atom is -0.343 e. The van der Waals surface area contributed by atoms with Gasteiger partial charge in [0, 0.05) is 18.7 Å². The third kappa shape index (κ3) is 3.92. The highest BCUT2D eigenvalue weighted by atomic mass is 16.2. The van der Waals surface area contributed by atoms with Crippen molar-refractivity contribution >= 4 is 11.8 Å². The first-order chi connectivity index (χ1) is 11.1. The van der Waals surface area contributed by atoms with Crippen LogP contribution in [-0.2, 0) is 4.79 Å². The van der Waals surface area contributed by atoms with E-state index in [0.717, 1.165) is 31.0 Å². The van der Waals surface area contributed by atoms with Crippen molar-refractivity contribution in [3.05, 3.63) is 35.4 Å². The molecule has 2 amide bonds. The molecule has 0 aromatic heterocycles. The fraction of sp³-hybridized carbons (Fsp3) is 0.579. The lowest BCUT2D eigenvalue weighted by Gasteiger charge is -2.41. The van der Waals surface area contributed by atoms with Crippen molar-refractivity contribution in [2.24, 2.45) is 11.8 Å². The number of carbonyl (C=O) groups excluding carboxylic acids is 2. The number of hydrogen-bond acceptors (Lipinski definition) is 2. The van der Waals surface area contributed by atoms with E-state index in [9.17, 15) is 9.59 Å². The molecule has 1 saturated heterocycles. The van der Waals surface area contributed by atoms with Gasteiger partial charge in [-0.2, -0.15) is 0 Å². The third-order valence-electron chi connectivity index (χ3n) is 5.36. The van der Waals surface area contributed by atoms with Crippen LogP contribution >= 0.6 is 0 Å². The Balaban J connectivity index is 1.49. The highest BCUT2D eigenvalue weighted by Crippen LogP contribution is 2.35. The first kappa shape index (κ1) is 16.0. The number of likely N-dealkylation sites (tertiary alicyclic amines) is 1. The van der Waals surface area contributed by atoms with Gasteiger partial charge in [-0.15, -0.1) is 0 Å². The van der Waals surface area contributed by atoms with Crippen molar-refractivity contribution in [2.75, 3.05) is 19.6 Å². The zero-order valence-corrected chi connectivity index (χ0v) is 13.9. The van der Waals surface area contributed by atoms with Crippen LogP contribution < -0.4 is 5.32 Å². The van der Waals surface area contributed by atoms with Crippen LogP contribution in [0.25, 0.3) is 0 Å². The quantitative estimate of drug-likeness (QED) is 0.932. The molecule has 1 aromatic carbocycles. The van der Waals surface area contributed by atoms with Crippen LogP contribution in [0.3, 0.4) is 0 Å². The molecule has 1 aliphatic carbocycles. The number of aryl methyl sites for hydroxylation is 1. The summed E-state index contributed by atoms with van der Waals surface area (Å²) in [6.07, 6.45) is 6.36. The van der Waals surface area contributed by atoms with E-state index in [1.54, 1.807) is 12.1 Å². The topological polar surface area (TPSA) is 49.4 Å². The Morgan fingerprint density at radius 2 is 1.78 bits per heavy atom. The summed E-state index contributed by atoms with van der Waals surface area (Å²) in [5.74, 6) is 1.37. The first-order valence-electron chi connectivity index (χ1n) is 8.76. The molecule has 4 heteroatoms. The monoisotopic (exact) mass is 314 g/mol. The van der Waals surface area contributed by atoms with Gasteiger partial charge in [0.05, 0.1) is 6.54 Å². The molecule has 4 nitrogen and oxygen atoms in total. The van der Waals surface area contributed by atoms with E-state index in [1.807, 2.05) is 24.0 Å². The predicted molar refractivity (Wildman–Crippen MR) is 90.2 cm³/mol. The molecule has 1 aliphatic heterocycles. The Hall–Kier alpha value is -1.84. The number of nitrogens with zero attached hydrogens (tertiary/aromatic N) is 1. The molecule has 0 bridgehead atoms. The summed E-state index contributed by atoms with van der Waals surface area (Å²) < 4.78 is 0. The van der Waals surface area contributed by atoms with E-state index >= 15 is 0 Å². The van der Waals surface area contributed by atoms with E-state index < -0.39 is 0 Å². The summed E-state index contributed by atoms with van der Waals surface area (Å²) in [5, 5.41) is 2.76. The summed E-state index contributed by atoms with van der Waals surface area (Å²) in [5.41, 5.74) is 1.72. The highest BCUT2D eigenvalue weighted by molar-refractivity contribution is 5.96. The summed E-state index contributed by atoms with van der Waals surface area (Å²) in [6, 6.07) is 7.40. The lowest BCUT2D eigenvalue weighted by Crippen LogP contribution is -2.48. The second kappa shape index (κ2) is 7.16. The zero-order chi connectivity index (χ0) is 16.2. The summed E-state index contributed by atoms with van der Waals surface area (Å²) >= 11 is 0. The van der Waals surface area contributed by atoms with Gasteiger partial charge < -0.3 is 10.2 Å². The normalized spacial score (nSPS) is 24.0. The average molecular weight is 314 g/mol. The van der Waals surface area contributed by atoms with Gasteiger partial charge in [-0.05, 0) is 43.7 Å². The van der Waals surface area contributed by atoms with Gasteiger partial charge in [-0.1, -0.05) is 37.0 Å². The lowest BCUT2D eigenvalue weighted by molar-refractivity contribution is -0.133. The molecule has 124 valence electrons. The summed E-state index contributed by atoms with van der Waals surface area (Å²) in [4.78, 5) is 26.4. The Labute approximate surface area is 138 Å². The van der Waals surface area contributed by atoms with Crippen LogP contribution in [0.1, 0.15) is 48.0 Å². The molecule has 1 aromatic rings. The van der Waals surface area contributed by atoms with Gasteiger partial charge in [-0.25, -0.2) is 0 Å². The zero-order valence-electron chi connectivity index (χ0n) is 13.9. The maximum Gasteiger partial charge on any atom is 0.251 e. The number of piperidine rings is 1. The smallest absolute Gasteiger partial charge is 0.251 e. The van der Waals surface area contributed by atoms with Crippen molar-refractivity contribution < 1.29 is 9.59 Å². The molecule has 1 N–H and O–H groups in total.